The molecule has 2 nitrogen and oxygen atoms in total. The first-order chi connectivity index (χ1) is 7.24. The predicted molar refractivity (Wildman–Crippen MR) is 56.5 cm³/mol. The van der Waals surface area contributed by atoms with Crippen molar-refractivity contribution in [2.75, 3.05) is 0 Å². The molecule has 0 aliphatic rings. The Morgan fingerprint density at radius 2 is 2.07 bits per heavy atom. The van der Waals surface area contributed by atoms with Crippen LogP contribution in [0.4, 0.5) is 4.39 Å². The Morgan fingerprint density at radius 3 is 2.73 bits per heavy atom. The summed E-state index contributed by atoms with van der Waals surface area (Å²) in [6, 6.07) is 6.25. The third kappa shape index (κ3) is 1.85. The second-order valence-electron chi connectivity index (χ2n) is 2.90. The molecule has 0 aliphatic heterocycles. The Bertz CT molecular complexity index is 484. The number of alkyl halides is 1. The highest BCUT2D eigenvalue weighted by atomic mass is 35.5. The molecule has 1 aromatic carbocycles. The maximum atomic E-state index is 13.4. The summed E-state index contributed by atoms with van der Waals surface area (Å²) >= 11 is 11.4. The molecule has 0 aliphatic carbocycles. The zero-order valence-corrected chi connectivity index (χ0v) is 9.02. The number of aromatic nitrogens is 1. The van der Waals surface area contributed by atoms with Gasteiger partial charge in [0.25, 0.3) is 0 Å². The highest BCUT2D eigenvalue weighted by Gasteiger charge is 2.17. The van der Waals surface area contributed by atoms with E-state index in [0.29, 0.717) is 16.8 Å². The summed E-state index contributed by atoms with van der Waals surface area (Å²) in [5.41, 5.74) is 1.19. The maximum Gasteiger partial charge on any atom is 0.231 e. The third-order valence-electron chi connectivity index (χ3n) is 2.00. The van der Waals surface area contributed by atoms with Crippen molar-refractivity contribution in [3.8, 4) is 11.3 Å². The molecule has 0 saturated carbocycles. The van der Waals surface area contributed by atoms with Crippen molar-refractivity contribution in [3.63, 3.8) is 0 Å². The van der Waals surface area contributed by atoms with E-state index < -0.39 is 0 Å². The first kappa shape index (κ1) is 10.5. The lowest BCUT2D eigenvalue weighted by Gasteiger charge is -1.99. The minimum Gasteiger partial charge on any atom is -0.343 e. The summed E-state index contributed by atoms with van der Waals surface area (Å²) in [6.45, 7) is 0. The number of hydrogen-bond acceptors (Lipinski definition) is 2. The van der Waals surface area contributed by atoms with Crippen molar-refractivity contribution in [1.29, 1.82) is 0 Å². The summed E-state index contributed by atoms with van der Waals surface area (Å²) < 4.78 is 18.2. The smallest absolute Gasteiger partial charge is 0.231 e. The van der Waals surface area contributed by atoms with Crippen LogP contribution < -0.4 is 0 Å². The van der Waals surface area contributed by atoms with Gasteiger partial charge in [0.05, 0.1) is 11.4 Å². The van der Waals surface area contributed by atoms with E-state index in [4.69, 9.17) is 27.7 Å². The first-order valence-corrected chi connectivity index (χ1v) is 5.10. The highest BCUT2D eigenvalue weighted by Crippen LogP contribution is 2.31. The minimum atomic E-state index is -0.381. The van der Waals surface area contributed by atoms with Crippen LogP contribution in [0.3, 0.4) is 0 Å². The van der Waals surface area contributed by atoms with Gasteiger partial charge in [-0.2, -0.15) is 0 Å². The molecule has 15 heavy (non-hydrogen) atoms. The van der Waals surface area contributed by atoms with Crippen molar-refractivity contribution in [2.45, 2.75) is 5.88 Å². The lowest BCUT2D eigenvalue weighted by atomic mass is 10.1. The fourth-order valence-electron chi connectivity index (χ4n) is 1.27. The van der Waals surface area contributed by atoms with E-state index in [2.05, 4.69) is 5.16 Å². The summed E-state index contributed by atoms with van der Waals surface area (Å²) in [5.74, 6) is -0.250. The molecule has 2 aromatic rings. The summed E-state index contributed by atoms with van der Waals surface area (Å²) in [5, 5.41) is 3.79. The molecule has 0 spiro atoms. The molecular weight excluding hydrogens is 240 g/mol. The van der Waals surface area contributed by atoms with Gasteiger partial charge in [-0.3, -0.25) is 0 Å². The Labute approximate surface area is 95.6 Å². The number of rotatable bonds is 2. The minimum absolute atomic E-state index is 0.100. The average molecular weight is 246 g/mol. The average Bonchev–Trinajstić information content (AvgIpc) is 2.60. The summed E-state index contributed by atoms with van der Waals surface area (Å²) in [7, 11) is 0. The Kier molecular flexibility index (Phi) is 2.93. The van der Waals surface area contributed by atoms with Crippen molar-refractivity contribution in [2.24, 2.45) is 0 Å². The van der Waals surface area contributed by atoms with Gasteiger partial charge in [0.2, 0.25) is 5.22 Å². The first-order valence-electron chi connectivity index (χ1n) is 4.19. The molecule has 0 fully saturated rings. The van der Waals surface area contributed by atoms with E-state index in [0.717, 1.165) is 0 Å². The van der Waals surface area contributed by atoms with Gasteiger partial charge < -0.3 is 4.52 Å². The molecule has 0 bridgehead atoms. The van der Waals surface area contributed by atoms with Crippen LogP contribution in [0, 0.1) is 5.82 Å². The van der Waals surface area contributed by atoms with Crippen LogP contribution in [0.15, 0.2) is 28.8 Å². The van der Waals surface area contributed by atoms with Gasteiger partial charge in [0.15, 0.2) is 0 Å². The van der Waals surface area contributed by atoms with E-state index >= 15 is 0 Å². The molecule has 5 heteroatoms. The predicted octanol–water partition coefficient (Wildman–Crippen LogP) is 3.87. The normalized spacial score (nSPS) is 10.6. The van der Waals surface area contributed by atoms with Crippen LogP contribution in [0.25, 0.3) is 11.3 Å². The van der Waals surface area contributed by atoms with Crippen molar-refractivity contribution in [1.82, 2.24) is 5.16 Å². The zero-order chi connectivity index (χ0) is 10.8. The molecule has 0 unspecified atom stereocenters. The monoisotopic (exact) mass is 245 g/mol. The van der Waals surface area contributed by atoms with Gasteiger partial charge in [-0.15, -0.1) is 11.6 Å². The van der Waals surface area contributed by atoms with E-state index in [9.17, 15) is 4.39 Å². The number of hydrogen-bond donors (Lipinski definition) is 0. The van der Waals surface area contributed by atoms with Gasteiger partial charge in [-0.05, 0) is 23.7 Å². The van der Waals surface area contributed by atoms with Crippen molar-refractivity contribution >= 4 is 23.2 Å². The van der Waals surface area contributed by atoms with Crippen LogP contribution in [0.5, 0.6) is 0 Å². The van der Waals surface area contributed by atoms with Crippen LogP contribution in [0.2, 0.25) is 5.22 Å². The molecular formula is C10H6Cl2FNO. The van der Waals surface area contributed by atoms with Gasteiger partial charge in [-0.25, -0.2) is 4.39 Å². The fourth-order valence-corrected chi connectivity index (χ4v) is 1.78. The Hall–Kier alpha value is -1.06. The lowest BCUT2D eigenvalue weighted by Crippen LogP contribution is -1.87. The number of nitrogens with zero attached hydrogens (tertiary/aromatic N) is 1. The quantitative estimate of drug-likeness (QED) is 0.751. The molecule has 0 N–H and O–H groups in total. The van der Waals surface area contributed by atoms with Crippen molar-refractivity contribution in [3.05, 3.63) is 40.9 Å². The van der Waals surface area contributed by atoms with Crippen LogP contribution in [-0.4, -0.2) is 5.16 Å². The molecule has 1 heterocycles. The number of benzene rings is 1. The van der Waals surface area contributed by atoms with E-state index in [-0.39, 0.29) is 16.9 Å². The molecule has 2 rings (SSSR count). The van der Waals surface area contributed by atoms with Crippen LogP contribution in [0.1, 0.15) is 5.56 Å². The largest absolute Gasteiger partial charge is 0.343 e. The topological polar surface area (TPSA) is 26.0 Å². The Balaban J connectivity index is 2.59. The summed E-state index contributed by atoms with van der Waals surface area (Å²) in [4.78, 5) is 0. The molecule has 0 saturated heterocycles. The van der Waals surface area contributed by atoms with E-state index in [1.165, 1.54) is 6.07 Å². The molecule has 0 radical (unpaired) electrons. The lowest BCUT2D eigenvalue weighted by molar-refractivity contribution is 0.423. The third-order valence-corrected chi connectivity index (χ3v) is 2.57. The van der Waals surface area contributed by atoms with Gasteiger partial charge >= 0.3 is 0 Å². The van der Waals surface area contributed by atoms with E-state index in [1.54, 1.807) is 18.2 Å². The van der Waals surface area contributed by atoms with Gasteiger partial charge in [-0.1, -0.05) is 17.3 Å². The molecule has 1 aromatic heterocycles. The molecule has 0 amide bonds. The van der Waals surface area contributed by atoms with Gasteiger partial charge in [0.1, 0.15) is 11.5 Å². The van der Waals surface area contributed by atoms with Gasteiger partial charge in [0, 0.05) is 5.56 Å². The zero-order valence-electron chi connectivity index (χ0n) is 7.51. The second-order valence-corrected chi connectivity index (χ2v) is 3.51. The summed E-state index contributed by atoms with van der Waals surface area (Å²) in [6.07, 6.45) is 0. The van der Waals surface area contributed by atoms with Crippen molar-refractivity contribution < 1.29 is 8.91 Å². The maximum absolute atomic E-state index is 13.4. The van der Waals surface area contributed by atoms with Crippen LogP contribution >= 0.6 is 23.2 Å². The standard InChI is InChI=1S/C10H6Cl2FNO/c11-5-7-9(14-15-10(7)12)6-3-1-2-4-8(6)13/h1-4H,5H2. The second kappa shape index (κ2) is 4.21. The fraction of sp³-hybridized carbons (Fsp3) is 0.100. The highest BCUT2D eigenvalue weighted by molar-refractivity contribution is 6.31. The Morgan fingerprint density at radius 1 is 1.33 bits per heavy atom. The van der Waals surface area contributed by atoms with E-state index in [1.807, 2.05) is 0 Å². The van der Waals surface area contributed by atoms with Crippen LogP contribution in [-0.2, 0) is 5.88 Å². The number of halogens is 3. The SMILES string of the molecule is Fc1ccccc1-c1noc(Cl)c1CCl. The molecule has 78 valence electrons. The molecule has 0 atom stereocenters.